The third kappa shape index (κ3) is 2.85. The fourth-order valence-electron chi connectivity index (χ4n) is 3.61. The standard InChI is InChI=1S/C25H18N2/c1-17-26-24-14-13-22(21-12-11-18-7-5-6-10-20(18)15-21)16-23(24)25(27-17)19-8-3-2-4-9-19/h2-16H,1H3. The summed E-state index contributed by atoms with van der Waals surface area (Å²) in [5, 5.41) is 3.59. The highest BCUT2D eigenvalue weighted by molar-refractivity contribution is 5.96. The zero-order valence-electron chi connectivity index (χ0n) is 15.1. The average Bonchev–Trinajstić information content (AvgIpc) is 2.73. The van der Waals surface area contributed by atoms with Gasteiger partial charge in [-0.2, -0.15) is 0 Å². The zero-order chi connectivity index (χ0) is 18.2. The summed E-state index contributed by atoms with van der Waals surface area (Å²) in [7, 11) is 0. The molecule has 1 heterocycles. The first-order chi connectivity index (χ1) is 13.3. The van der Waals surface area contributed by atoms with Crippen molar-refractivity contribution in [1.29, 1.82) is 0 Å². The van der Waals surface area contributed by atoms with Gasteiger partial charge in [-0.25, -0.2) is 9.97 Å². The lowest BCUT2D eigenvalue weighted by Crippen LogP contribution is -1.94. The van der Waals surface area contributed by atoms with Crippen LogP contribution in [0.2, 0.25) is 0 Å². The first kappa shape index (κ1) is 15.7. The van der Waals surface area contributed by atoms with Crippen molar-refractivity contribution in [3.8, 4) is 22.4 Å². The molecule has 4 aromatic carbocycles. The van der Waals surface area contributed by atoms with Gasteiger partial charge in [-0.15, -0.1) is 0 Å². The fraction of sp³-hybridized carbons (Fsp3) is 0.0400. The van der Waals surface area contributed by atoms with E-state index in [-0.39, 0.29) is 0 Å². The molecular weight excluding hydrogens is 328 g/mol. The summed E-state index contributed by atoms with van der Waals surface area (Å²) in [4.78, 5) is 9.38. The van der Waals surface area contributed by atoms with Crippen molar-refractivity contribution >= 4 is 21.7 Å². The zero-order valence-corrected chi connectivity index (χ0v) is 15.1. The van der Waals surface area contributed by atoms with Crippen LogP contribution >= 0.6 is 0 Å². The Balaban J connectivity index is 1.73. The Morgan fingerprint density at radius 3 is 2.11 bits per heavy atom. The monoisotopic (exact) mass is 346 g/mol. The second kappa shape index (κ2) is 6.33. The average molecular weight is 346 g/mol. The van der Waals surface area contributed by atoms with Gasteiger partial charge < -0.3 is 0 Å². The van der Waals surface area contributed by atoms with Gasteiger partial charge in [0, 0.05) is 10.9 Å². The van der Waals surface area contributed by atoms with Crippen LogP contribution in [0.15, 0.2) is 91.0 Å². The molecule has 0 N–H and O–H groups in total. The van der Waals surface area contributed by atoms with E-state index in [1.165, 1.54) is 21.9 Å². The number of aromatic nitrogens is 2. The van der Waals surface area contributed by atoms with Crippen molar-refractivity contribution < 1.29 is 0 Å². The Labute approximate surface area is 158 Å². The molecule has 0 fully saturated rings. The third-order valence-electron chi connectivity index (χ3n) is 4.94. The van der Waals surface area contributed by atoms with Crippen LogP contribution in [0.25, 0.3) is 44.1 Å². The van der Waals surface area contributed by atoms with Gasteiger partial charge in [0.05, 0.1) is 11.2 Å². The van der Waals surface area contributed by atoms with Crippen molar-refractivity contribution in [1.82, 2.24) is 9.97 Å². The molecule has 0 aliphatic rings. The van der Waals surface area contributed by atoms with Crippen LogP contribution in [0.1, 0.15) is 5.82 Å². The van der Waals surface area contributed by atoms with Gasteiger partial charge in [-0.05, 0) is 47.0 Å². The molecule has 0 aliphatic carbocycles. The number of hydrogen-bond acceptors (Lipinski definition) is 2. The SMILES string of the molecule is Cc1nc(-c2ccccc2)c2cc(-c3ccc4ccccc4c3)ccc2n1. The van der Waals surface area contributed by atoms with Crippen LogP contribution in [0.5, 0.6) is 0 Å². The topological polar surface area (TPSA) is 25.8 Å². The molecule has 27 heavy (non-hydrogen) atoms. The van der Waals surface area contributed by atoms with Gasteiger partial charge in [0.15, 0.2) is 0 Å². The molecule has 0 spiro atoms. The van der Waals surface area contributed by atoms with Gasteiger partial charge >= 0.3 is 0 Å². The number of rotatable bonds is 2. The van der Waals surface area contributed by atoms with Crippen LogP contribution < -0.4 is 0 Å². The molecule has 0 bridgehead atoms. The van der Waals surface area contributed by atoms with Crippen molar-refractivity contribution in [2.24, 2.45) is 0 Å². The fourth-order valence-corrected chi connectivity index (χ4v) is 3.61. The number of fused-ring (bicyclic) bond motifs is 2. The predicted octanol–water partition coefficient (Wildman–Crippen LogP) is 6.43. The number of nitrogens with zero attached hydrogens (tertiary/aromatic N) is 2. The van der Waals surface area contributed by atoms with E-state index >= 15 is 0 Å². The Hall–Kier alpha value is -3.52. The van der Waals surface area contributed by atoms with Gasteiger partial charge in [-0.1, -0.05) is 72.8 Å². The van der Waals surface area contributed by atoms with Crippen LogP contribution in [-0.2, 0) is 0 Å². The minimum absolute atomic E-state index is 0.791. The van der Waals surface area contributed by atoms with Crippen molar-refractivity contribution in [3.05, 3.63) is 96.8 Å². The quantitative estimate of drug-likeness (QED) is 0.368. The number of aryl methyl sites for hydroxylation is 1. The first-order valence-corrected chi connectivity index (χ1v) is 9.11. The van der Waals surface area contributed by atoms with E-state index in [4.69, 9.17) is 4.98 Å². The van der Waals surface area contributed by atoms with Gasteiger partial charge in [-0.3, -0.25) is 0 Å². The second-order valence-corrected chi connectivity index (χ2v) is 6.78. The lowest BCUT2D eigenvalue weighted by Gasteiger charge is -2.10. The van der Waals surface area contributed by atoms with Gasteiger partial charge in [0.2, 0.25) is 0 Å². The Bertz CT molecular complexity index is 1270. The summed E-state index contributed by atoms with van der Waals surface area (Å²) in [5.41, 5.74) is 5.46. The van der Waals surface area contributed by atoms with Crippen molar-refractivity contribution in [3.63, 3.8) is 0 Å². The second-order valence-electron chi connectivity index (χ2n) is 6.78. The molecule has 0 radical (unpaired) electrons. The number of benzene rings is 4. The lowest BCUT2D eigenvalue weighted by atomic mass is 9.98. The van der Waals surface area contributed by atoms with Crippen LogP contribution in [0.4, 0.5) is 0 Å². The third-order valence-corrected chi connectivity index (χ3v) is 4.94. The lowest BCUT2D eigenvalue weighted by molar-refractivity contribution is 1.10. The molecule has 0 saturated heterocycles. The maximum atomic E-state index is 4.75. The van der Waals surface area contributed by atoms with Crippen molar-refractivity contribution in [2.45, 2.75) is 6.92 Å². The van der Waals surface area contributed by atoms with E-state index in [9.17, 15) is 0 Å². The maximum Gasteiger partial charge on any atom is 0.126 e. The molecule has 0 aliphatic heterocycles. The molecule has 2 heteroatoms. The van der Waals surface area contributed by atoms with E-state index in [2.05, 4.69) is 77.8 Å². The van der Waals surface area contributed by atoms with Crippen LogP contribution in [0.3, 0.4) is 0 Å². The highest BCUT2D eigenvalue weighted by Gasteiger charge is 2.10. The summed E-state index contributed by atoms with van der Waals surface area (Å²) in [6, 6.07) is 31.8. The van der Waals surface area contributed by atoms with E-state index in [1.54, 1.807) is 0 Å². The molecule has 0 unspecified atom stereocenters. The Morgan fingerprint density at radius 2 is 1.26 bits per heavy atom. The summed E-state index contributed by atoms with van der Waals surface area (Å²) in [5.74, 6) is 0.791. The Morgan fingerprint density at radius 1 is 0.556 bits per heavy atom. The molecular formula is C25H18N2. The molecule has 0 amide bonds. The predicted molar refractivity (Wildman–Crippen MR) is 113 cm³/mol. The molecule has 1 aromatic heterocycles. The van der Waals surface area contributed by atoms with Crippen molar-refractivity contribution in [2.75, 3.05) is 0 Å². The van der Waals surface area contributed by atoms with E-state index in [0.29, 0.717) is 0 Å². The number of hydrogen-bond donors (Lipinski definition) is 0. The smallest absolute Gasteiger partial charge is 0.126 e. The van der Waals surface area contributed by atoms with E-state index < -0.39 is 0 Å². The summed E-state index contributed by atoms with van der Waals surface area (Å²) >= 11 is 0. The summed E-state index contributed by atoms with van der Waals surface area (Å²) in [6.45, 7) is 1.95. The maximum absolute atomic E-state index is 4.75. The normalized spacial score (nSPS) is 11.1. The Kier molecular flexibility index (Phi) is 3.68. The highest BCUT2D eigenvalue weighted by atomic mass is 14.9. The summed E-state index contributed by atoms with van der Waals surface area (Å²) < 4.78 is 0. The molecule has 0 saturated carbocycles. The molecule has 2 nitrogen and oxygen atoms in total. The van der Waals surface area contributed by atoms with Crippen LogP contribution in [-0.4, -0.2) is 9.97 Å². The first-order valence-electron chi connectivity index (χ1n) is 9.11. The molecule has 128 valence electrons. The molecule has 5 rings (SSSR count). The largest absolute Gasteiger partial charge is 0.233 e. The summed E-state index contributed by atoms with van der Waals surface area (Å²) in [6.07, 6.45) is 0. The van der Waals surface area contributed by atoms with Gasteiger partial charge in [0.25, 0.3) is 0 Å². The molecule has 5 aromatic rings. The van der Waals surface area contributed by atoms with Gasteiger partial charge in [0.1, 0.15) is 5.82 Å². The van der Waals surface area contributed by atoms with E-state index in [1.807, 2.05) is 25.1 Å². The van der Waals surface area contributed by atoms with Crippen LogP contribution in [0, 0.1) is 6.92 Å². The van der Waals surface area contributed by atoms with E-state index in [0.717, 1.165) is 28.0 Å². The minimum Gasteiger partial charge on any atom is -0.233 e. The minimum atomic E-state index is 0.791. The molecule has 0 atom stereocenters. The highest BCUT2D eigenvalue weighted by Crippen LogP contribution is 2.31.